The van der Waals surface area contributed by atoms with E-state index in [1.165, 1.54) is 11.1 Å². The summed E-state index contributed by atoms with van der Waals surface area (Å²) in [5.74, 6) is -0.309. The Morgan fingerprint density at radius 3 is 1.87 bits per heavy atom. The number of aromatic nitrogens is 1. The standard InChI is InChI=1S/C33H35N3O3/c1-3-39-33(38)29-23-30(26-13-7-4-8-14-26)36(25(29)2)24-31(37)34-19-21-35(22-20-34)32(27-15-9-5-10-16-27)28-17-11-6-12-18-28/h4-18,23,32H,3,19-22,24H2,1-2H3. The number of nitrogens with zero attached hydrogens (tertiary/aromatic N) is 3. The highest BCUT2D eigenvalue weighted by Crippen LogP contribution is 2.30. The first-order chi connectivity index (χ1) is 19.1. The fourth-order valence-electron chi connectivity index (χ4n) is 5.46. The maximum Gasteiger partial charge on any atom is 0.339 e. The van der Waals surface area contributed by atoms with Crippen molar-refractivity contribution in [2.45, 2.75) is 26.4 Å². The van der Waals surface area contributed by atoms with Gasteiger partial charge in [-0.05, 0) is 36.6 Å². The molecule has 1 aromatic heterocycles. The molecule has 0 saturated carbocycles. The Bertz CT molecular complexity index is 1350. The number of hydrogen-bond donors (Lipinski definition) is 0. The third-order valence-electron chi connectivity index (χ3n) is 7.49. The lowest BCUT2D eigenvalue weighted by Crippen LogP contribution is -2.50. The highest BCUT2D eigenvalue weighted by Gasteiger charge is 2.29. The molecule has 1 amide bonds. The van der Waals surface area contributed by atoms with Crippen LogP contribution in [0.4, 0.5) is 0 Å². The van der Waals surface area contributed by atoms with E-state index in [-0.39, 0.29) is 24.5 Å². The van der Waals surface area contributed by atoms with Crippen molar-refractivity contribution in [3.05, 3.63) is 119 Å². The molecule has 2 heterocycles. The second kappa shape index (κ2) is 12.1. The van der Waals surface area contributed by atoms with Crippen LogP contribution in [0.25, 0.3) is 11.3 Å². The highest BCUT2D eigenvalue weighted by molar-refractivity contribution is 5.93. The molecule has 0 atom stereocenters. The van der Waals surface area contributed by atoms with Crippen LogP contribution in [0, 0.1) is 6.92 Å². The van der Waals surface area contributed by atoms with Gasteiger partial charge in [-0.15, -0.1) is 0 Å². The van der Waals surface area contributed by atoms with Gasteiger partial charge in [0.25, 0.3) is 0 Å². The van der Waals surface area contributed by atoms with Crippen molar-refractivity contribution in [2.24, 2.45) is 0 Å². The fraction of sp³-hybridized carbons (Fsp3) is 0.273. The summed E-state index contributed by atoms with van der Waals surface area (Å²) in [5.41, 5.74) is 5.56. The molecule has 1 fully saturated rings. The molecule has 39 heavy (non-hydrogen) atoms. The summed E-state index contributed by atoms with van der Waals surface area (Å²) in [5, 5.41) is 0. The van der Waals surface area contributed by atoms with Crippen LogP contribution in [0.2, 0.25) is 0 Å². The quantitative estimate of drug-likeness (QED) is 0.284. The van der Waals surface area contributed by atoms with Gasteiger partial charge in [0.15, 0.2) is 0 Å². The van der Waals surface area contributed by atoms with Crippen molar-refractivity contribution in [3.8, 4) is 11.3 Å². The zero-order valence-electron chi connectivity index (χ0n) is 22.6. The minimum absolute atomic E-state index is 0.0527. The molecule has 5 rings (SSSR count). The van der Waals surface area contributed by atoms with Gasteiger partial charge in [-0.2, -0.15) is 0 Å². The van der Waals surface area contributed by atoms with Gasteiger partial charge >= 0.3 is 5.97 Å². The summed E-state index contributed by atoms with van der Waals surface area (Å²) in [6.07, 6.45) is 0. The molecule has 0 spiro atoms. The first-order valence-corrected chi connectivity index (χ1v) is 13.6. The van der Waals surface area contributed by atoms with Gasteiger partial charge in [-0.3, -0.25) is 9.69 Å². The van der Waals surface area contributed by atoms with Crippen LogP contribution in [0.3, 0.4) is 0 Å². The number of carbonyl (C=O) groups excluding carboxylic acids is 2. The summed E-state index contributed by atoms with van der Waals surface area (Å²) >= 11 is 0. The summed E-state index contributed by atoms with van der Waals surface area (Å²) < 4.78 is 7.24. The van der Waals surface area contributed by atoms with Gasteiger partial charge in [0.2, 0.25) is 5.91 Å². The Balaban J connectivity index is 1.34. The first kappa shape index (κ1) is 26.4. The van der Waals surface area contributed by atoms with Crippen molar-refractivity contribution < 1.29 is 14.3 Å². The molecule has 6 heteroatoms. The predicted molar refractivity (Wildman–Crippen MR) is 153 cm³/mol. The molecule has 0 unspecified atom stereocenters. The fourth-order valence-corrected chi connectivity index (χ4v) is 5.46. The SMILES string of the molecule is CCOC(=O)c1cc(-c2ccccc2)n(CC(=O)N2CCN(C(c3ccccc3)c3ccccc3)CC2)c1C. The Labute approximate surface area is 230 Å². The van der Waals surface area contributed by atoms with Crippen molar-refractivity contribution in [1.29, 1.82) is 0 Å². The summed E-state index contributed by atoms with van der Waals surface area (Å²) in [6.45, 7) is 7.03. The predicted octanol–water partition coefficient (Wildman–Crippen LogP) is 5.57. The Hall–Kier alpha value is -4.16. The van der Waals surface area contributed by atoms with Crippen LogP contribution in [-0.4, -0.2) is 59.0 Å². The zero-order valence-corrected chi connectivity index (χ0v) is 22.6. The number of carbonyl (C=O) groups is 2. The topological polar surface area (TPSA) is 54.8 Å². The molecule has 200 valence electrons. The molecule has 1 saturated heterocycles. The molecule has 3 aromatic carbocycles. The van der Waals surface area contributed by atoms with Crippen molar-refractivity contribution in [2.75, 3.05) is 32.8 Å². The van der Waals surface area contributed by atoms with Crippen LogP contribution in [0.5, 0.6) is 0 Å². The number of piperazine rings is 1. The van der Waals surface area contributed by atoms with E-state index in [0.717, 1.165) is 30.0 Å². The zero-order chi connectivity index (χ0) is 27.2. The molecule has 4 aromatic rings. The van der Waals surface area contributed by atoms with Crippen LogP contribution in [-0.2, 0) is 16.1 Å². The van der Waals surface area contributed by atoms with E-state index in [0.29, 0.717) is 25.3 Å². The van der Waals surface area contributed by atoms with Gasteiger partial charge in [-0.1, -0.05) is 91.0 Å². The molecule has 6 nitrogen and oxygen atoms in total. The van der Waals surface area contributed by atoms with Gasteiger partial charge in [0, 0.05) is 37.6 Å². The average molecular weight is 522 g/mol. The molecular weight excluding hydrogens is 486 g/mol. The number of rotatable bonds is 8. The third kappa shape index (κ3) is 5.81. The number of ether oxygens (including phenoxy) is 1. The monoisotopic (exact) mass is 521 g/mol. The lowest BCUT2D eigenvalue weighted by molar-refractivity contribution is -0.133. The number of esters is 1. The molecule has 1 aliphatic heterocycles. The second-order valence-electron chi connectivity index (χ2n) is 9.84. The highest BCUT2D eigenvalue weighted by atomic mass is 16.5. The number of amides is 1. The van der Waals surface area contributed by atoms with Gasteiger partial charge in [0.05, 0.1) is 18.2 Å². The van der Waals surface area contributed by atoms with E-state index < -0.39 is 0 Å². The first-order valence-electron chi connectivity index (χ1n) is 13.6. The van der Waals surface area contributed by atoms with E-state index in [9.17, 15) is 9.59 Å². The maximum atomic E-state index is 13.6. The summed E-state index contributed by atoms with van der Waals surface area (Å²) in [4.78, 5) is 30.7. The van der Waals surface area contributed by atoms with Crippen LogP contribution in [0.1, 0.15) is 40.1 Å². The molecule has 0 radical (unpaired) electrons. The van der Waals surface area contributed by atoms with E-state index in [1.54, 1.807) is 6.92 Å². The van der Waals surface area contributed by atoms with Crippen molar-refractivity contribution in [1.82, 2.24) is 14.4 Å². The molecule has 0 N–H and O–H groups in total. The Kier molecular flexibility index (Phi) is 8.23. The van der Waals surface area contributed by atoms with Gasteiger partial charge in [-0.25, -0.2) is 4.79 Å². The van der Waals surface area contributed by atoms with E-state index in [4.69, 9.17) is 4.74 Å². The van der Waals surface area contributed by atoms with Crippen molar-refractivity contribution in [3.63, 3.8) is 0 Å². The lowest BCUT2D eigenvalue weighted by Gasteiger charge is -2.40. The van der Waals surface area contributed by atoms with Gasteiger partial charge in [0.1, 0.15) is 6.54 Å². The van der Waals surface area contributed by atoms with E-state index >= 15 is 0 Å². The minimum atomic E-state index is -0.361. The molecule has 0 aliphatic carbocycles. The van der Waals surface area contributed by atoms with E-state index in [1.807, 2.05) is 64.9 Å². The minimum Gasteiger partial charge on any atom is -0.462 e. The summed E-state index contributed by atoms with van der Waals surface area (Å²) in [6, 6.07) is 33.0. The second-order valence-corrected chi connectivity index (χ2v) is 9.84. The Morgan fingerprint density at radius 2 is 1.33 bits per heavy atom. The van der Waals surface area contributed by atoms with Crippen LogP contribution < -0.4 is 0 Å². The van der Waals surface area contributed by atoms with E-state index in [2.05, 4.69) is 53.4 Å². The van der Waals surface area contributed by atoms with Crippen LogP contribution >= 0.6 is 0 Å². The maximum absolute atomic E-state index is 13.6. The average Bonchev–Trinajstić information content (AvgIpc) is 3.31. The van der Waals surface area contributed by atoms with Gasteiger partial charge < -0.3 is 14.2 Å². The lowest BCUT2D eigenvalue weighted by atomic mass is 9.96. The third-order valence-corrected chi connectivity index (χ3v) is 7.49. The smallest absolute Gasteiger partial charge is 0.339 e. The van der Waals surface area contributed by atoms with Crippen LogP contribution in [0.15, 0.2) is 97.1 Å². The Morgan fingerprint density at radius 1 is 0.795 bits per heavy atom. The number of benzene rings is 3. The number of hydrogen-bond acceptors (Lipinski definition) is 4. The molecule has 0 bridgehead atoms. The summed E-state index contributed by atoms with van der Waals surface area (Å²) in [7, 11) is 0. The van der Waals surface area contributed by atoms with Crippen molar-refractivity contribution >= 4 is 11.9 Å². The largest absolute Gasteiger partial charge is 0.462 e. The molecule has 1 aliphatic rings. The normalized spacial score (nSPS) is 14.0. The molecular formula is C33H35N3O3.